The number of hydrogen-bond donors (Lipinski definition) is 0. The fraction of sp³-hybridized carbons (Fsp3) is 0.308. The van der Waals surface area contributed by atoms with Gasteiger partial charge in [0, 0.05) is 17.4 Å². The van der Waals surface area contributed by atoms with Gasteiger partial charge in [-0.1, -0.05) is 30.3 Å². The van der Waals surface area contributed by atoms with Crippen molar-refractivity contribution in [3.63, 3.8) is 0 Å². The first-order valence-electron chi connectivity index (χ1n) is 5.12. The summed E-state index contributed by atoms with van der Waals surface area (Å²) in [7, 11) is 0. The Labute approximate surface area is 82.7 Å². The molecule has 1 aromatic rings. The van der Waals surface area contributed by atoms with Crippen molar-refractivity contribution >= 4 is 0 Å². The minimum atomic E-state index is 0.566. The summed E-state index contributed by atoms with van der Waals surface area (Å²) in [5.41, 5.74) is 4.03. The molecule has 3 aliphatic carbocycles. The topological polar surface area (TPSA) is 23.8 Å². The highest BCUT2D eigenvalue weighted by Crippen LogP contribution is 2.73. The lowest BCUT2D eigenvalue weighted by atomic mass is 9.98. The summed E-state index contributed by atoms with van der Waals surface area (Å²) in [4.78, 5) is 0. The second kappa shape index (κ2) is 1.93. The monoisotopic (exact) mass is 179 g/mol. The predicted octanol–water partition coefficient (Wildman–Crippen LogP) is 2.58. The molecule has 0 aliphatic heterocycles. The number of fused-ring (bicyclic) bond motifs is 4. The van der Waals surface area contributed by atoms with E-state index in [4.69, 9.17) is 5.26 Å². The summed E-state index contributed by atoms with van der Waals surface area (Å²) in [6, 6.07) is 11.0. The molecule has 0 radical (unpaired) electrons. The Kier molecular flexibility index (Phi) is 0.943. The Morgan fingerprint density at radius 2 is 1.86 bits per heavy atom. The van der Waals surface area contributed by atoms with Crippen LogP contribution < -0.4 is 0 Å². The molecule has 4 rings (SSSR count). The van der Waals surface area contributed by atoms with E-state index in [0.29, 0.717) is 17.8 Å². The average molecular weight is 179 g/mol. The van der Waals surface area contributed by atoms with Crippen LogP contribution in [-0.4, -0.2) is 0 Å². The van der Waals surface area contributed by atoms with Crippen LogP contribution in [0.2, 0.25) is 0 Å². The molecular weight excluding hydrogens is 170 g/mol. The number of allylic oxidation sites excluding steroid dienone is 2. The molecule has 0 spiro atoms. The van der Waals surface area contributed by atoms with Crippen molar-refractivity contribution in [2.75, 3.05) is 0 Å². The summed E-state index contributed by atoms with van der Waals surface area (Å²) in [5, 5.41) is 8.99. The van der Waals surface area contributed by atoms with Crippen LogP contribution in [0.1, 0.15) is 23.0 Å². The maximum Gasteiger partial charge on any atom is 0.0947 e. The summed E-state index contributed by atoms with van der Waals surface area (Å²) in [6.07, 6.45) is 2.19. The smallest absolute Gasteiger partial charge is 0.0947 e. The van der Waals surface area contributed by atoms with E-state index in [-0.39, 0.29) is 0 Å². The van der Waals surface area contributed by atoms with Crippen LogP contribution >= 0.6 is 0 Å². The van der Waals surface area contributed by atoms with Gasteiger partial charge in [-0.2, -0.15) is 5.26 Å². The molecule has 0 aromatic heterocycles. The largest absolute Gasteiger partial charge is 0.193 e. The van der Waals surface area contributed by atoms with E-state index in [9.17, 15) is 0 Å². The van der Waals surface area contributed by atoms with Crippen molar-refractivity contribution in [3.05, 3.63) is 47.0 Å². The van der Waals surface area contributed by atoms with E-state index in [0.717, 1.165) is 11.5 Å². The number of nitrogens with zero attached hydrogens (tertiary/aromatic N) is 1. The molecule has 0 bridgehead atoms. The first-order valence-corrected chi connectivity index (χ1v) is 5.12. The Hall–Kier alpha value is -1.55. The molecule has 0 heterocycles. The first-order chi connectivity index (χ1) is 6.92. The Morgan fingerprint density at radius 1 is 1.07 bits per heavy atom. The highest BCUT2D eigenvalue weighted by molar-refractivity contribution is 5.59. The molecule has 1 fully saturated rings. The lowest BCUT2D eigenvalue weighted by Crippen LogP contribution is -1.92. The van der Waals surface area contributed by atoms with Crippen LogP contribution in [0.25, 0.3) is 0 Å². The molecule has 14 heavy (non-hydrogen) atoms. The molecule has 4 unspecified atom stereocenters. The van der Waals surface area contributed by atoms with Gasteiger partial charge in [-0.15, -0.1) is 0 Å². The molecule has 1 saturated carbocycles. The molecule has 4 atom stereocenters. The molecule has 1 aromatic carbocycles. The fourth-order valence-electron chi connectivity index (χ4n) is 3.53. The van der Waals surface area contributed by atoms with Crippen LogP contribution in [0.5, 0.6) is 0 Å². The van der Waals surface area contributed by atoms with E-state index >= 15 is 0 Å². The SMILES string of the molecule is N#CC1=CC2c3ccccc3C3C1C23. The van der Waals surface area contributed by atoms with Gasteiger partial charge in [0.15, 0.2) is 0 Å². The van der Waals surface area contributed by atoms with Crippen LogP contribution in [-0.2, 0) is 0 Å². The number of hydrogen-bond acceptors (Lipinski definition) is 1. The molecule has 1 nitrogen and oxygen atoms in total. The van der Waals surface area contributed by atoms with Crippen LogP contribution in [0.4, 0.5) is 0 Å². The zero-order valence-electron chi connectivity index (χ0n) is 7.64. The van der Waals surface area contributed by atoms with Gasteiger partial charge in [0.25, 0.3) is 0 Å². The minimum Gasteiger partial charge on any atom is -0.193 e. The molecule has 0 amide bonds. The molecule has 66 valence electrons. The minimum absolute atomic E-state index is 0.566. The Morgan fingerprint density at radius 3 is 2.64 bits per heavy atom. The third-order valence-electron chi connectivity index (χ3n) is 4.05. The second-order valence-electron chi connectivity index (χ2n) is 4.52. The predicted molar refractivity (Wildman–Crippen MR) is 52.6 cm³/mol. The van der Waals surface area contributed by atoms with E-state index < -0.39 is 0 Å². The quantitative estimate of drug-likeness (QED) is 0.600. The Bertz CT molecular complexity index is 506. The number of nitriles is 1. The highest BCUT2D eigenvalue weighted by atomic mass is 14.7. The molecule has 1 heteroatoms. The van der Waals surface area contributed by atoms with Gasteiger partial charge in [0.1, 0.15) is 0 Å². The zero-order chi connectivity index (χ0) is 9.28. The Balaban J connectivity index is 1.95. The van der Waals surface area contributed by atoms with Crippen molar-refractivity contribution in [1.29, 1.82) is 5.26 Å². The van der Waals surface area contributed by atoms with Crippen molar-refractivity contribution in [1.82, 2.24) is 0 Å². The van der Waals surface area contributed by atoms with E-state index in [1.165, 1.54) is 11.1 Å². The third kappa shape index (κ3) is 0.543. The molecule has 0 saturated heterocycles. The summed E-state index contributed by atoms with van der Waals surface area (Å²) < 4.78 is 0. The number of rotatable bonds is 0. The van der Waals surface area contributed by atoms with E-state index in [2.05, 4.69) is 36.4 Å². The summed E-state index contributed by atoms with van der Waals surface area (Å²) in [6.45, 7) is 0. The summed E-state index contributed by atoms with van der Waals surface area (Å²) >= 11 is 0. The van der Waals surface area contributed by atoms with Gasteiger partial charge in [-0.25, -0.2) is 0 Å². The van der Waals surface area contributed by atoms with Gasteiger partial charge in [0.2, 0.25) is 0 Å². The maximum absolute atomic E-state index is 8.99. The van der Waals surface area contributed by atoms with Gasteiger partial charge < -0.3 is 0 Å². The van der Waals surface area contributed by atoms with Crippen molar-refractivity contribution < 1.29 is 0 Å². The maximum atomic E-state index is 8.99. The third-order valence-corrected chi connectivity index (χ3v) is 4.05. The fourth-order valence-corrected chi connectivity index (χ4v) is 3.53. The summed E-state index contributed by atoms with van der Waals surface area (Å²) in [5.74, 6) is 2.59. The second-order valence-corrected chi connectivity index (χ2v) is 4.52. The zero-order valence-corrected chi connectivity index (χ0v) is 7.64. The van der Waals surface area contributed by atoms with Crippen LogP contribution in [0, 0.1) is 23.2 Å². The highest BCUT2D eigenvalue weighted by Gasteiger charge is 2.64. The van der Waals surface area contributed by atoms with Crippen LogP contribution in [0.15, 0.2) is 35.9 Å². The standard InChI is InChI=1S/C13H9N/c14-6-7-5-10-8-3-1-2-4-9(8)12-11(7)13(10)12/h1-5,10-13H. The normalized spacial score (nSPS) is 39.8. The van der Waals surface area contributed by atoms with Gasteiger partial charge in [0.05, 0.1) is 6.07 Å². The number of benzene rings is 1. The lowest BCUT2D eigenvalue weighted by Gasteiger charge is -2.06. The molecule has 0 N–H and O–H groups in total. The van der Waals surface area contributed by atoms with E-state index in [1.54, 1.807) is 0 Å². The van der Waals surface area contributed by atoms with Crippen molar-refractivity contribution in [2.24, 2.45) is 11.8 Å². The van der Waals surface area contributed by atoms with Gasteiger partial charge >= 0.3 is 0 Å². The van der Waals surface area contributed by atoms with Gasteiger partial charge in [-0.05, 0) is 23.0 Å². The lowest BCUT2D eigenvalue weighted by molar-refractivity contribution is 0.749. The first kappa shape index (κ1) is 6.84. The van der Waals surface area contributed by atoms with E-state index in [1.807, 2.05) is 0 Å². The molecular formula is C13H9N. The van der Waals surface area contributed by atoms with Crippen LogP contribution in [0.3, 0.4) is 0 Å². The molecule has 3 aliphatic rings. The van der Waals surface area contributed by atoms with Crippen molar-refractivity contribution in [2.45, 2.75) is 11.8 Å². The van der Waals surface area contributed by atoms with Crippen molar-refractivity contribution in [3.8, 4) is 6.07 Å². The average Bonchev–Trinajstić information content (AvgIpc) is 2.76. The van der Waals surface area contributed by atoms with Gasteiger partial charge in [-0.3, -0.25) is 0 Å².